The number of carbonyl (C=O) groups excluding carboxylic acids is 1. The Morgan fingerprint density at radius 1 is 1.29 bits per heavy atom. The van der Waals surface area contributed by atoms with Crippen LogP contribution in [0.25, 0.3) is 0 Å². The molecule has 0 unspecified atom stereocenters. The van der Waals surface area contributed by atoms with Crippen molar-refractivity contribution in [3.8, 4) is 5.75 Å². The van der Waals surface area contributed by atoms with Gasteiger partial charge in [0.05, 0.1) is 11.3 Å². The fraction of sp³-hybridized carbons (Fsp3) is 0.474. The number of carbonyl (C=O) groups is 1. The van der Waals surface area contributed by atoms with Gasteiger partial charge in [-0.05, 0) is 44.9 Å². The van der Waals surface area contributed by atoms with Gasteiger partial charge in [-0.3, -0.25) is 4.79 Å². The Hall–Kier alpha value is -2.30. The monoisotopic (exact) mass is 328 g/mol. The van der Waals surface area contributed by atoms with Crippen molar-refractivity contribution in [1.29, 1.82) is 0 Å². The van der Waals surface area contributed by atoms with Crippen LogP contribution >= 0.6 is 0 Å². The molecular formula is C19H24N2O3. The largest absolute Gasteiger partial charge is 0.489 e. The van der Waals surface area contributed by atoms with Crippen molar-refractivity contribution in [2.45, 2.75) is 58.6 Å². The van der Waals surface area contributed by atoms with Crippen LogP contribution in [0.3, 0.4) is 0 Å². The van der Waals surface area contributed by atoms with Gasteiger partial charge in [-0.15, -0.1) is 0 Å². The van der Waals surface area contributed by atoms with E-state index in [2.05, 4.69) is 10.5 Å². The molecule has 24 heavy (non-hydrogen) atoms. The molecule has 128 valence electrons. The van der Waals surface area contributed by atoms with E-state index in [9.17, 15) is 4.79 Å². The lowest BCUT2D eigenvalue weighted by molar-refractivity contribution is 0.0927. The third-order valence-electron chi connectivity index (χ3n) is 4.60. The maximum absolute atomic E-state index is 12.4. The van der Waals surface area contributed by atoms with Gasteiger partial charge in [-0.25, -0.2) is 0 Å². The van der Waals surface area contributed by atoms with Crippen molar-refractivity contribution < 1.29 is 14.1 Å². The minimum atomic E-state index is -0.0234. The number of nitrogens with one attached hydrogen (secondary N) is 1. The SMILES string of the molecule is Cc1noc(C)c1COc1cccc(C(=O)NC2CCCCC2)c1. The Balaban J connectivity index is 1.62. The van der Waals surface area contributed by atoms with E-state index in [-0.39, 0.29) is 5.91 Å². The molecule has 0 radical (unpaired) electrons. The van der Waals surface area contributed by atoms with Gasteiger partial charge >= 0.3 is 0 Å². The molecule has 3 rings (SSSR count). The highest BCUT2D eigenvalue weighted by molar-refractivity contribution is 5.94. The third kappa shape index (κ3) is 3.96. The van der Waals surface area contributed by atoms with E-state index >= 15 is 0 Å². The fourth-order valence-electron chi connectivity index (χ4n) is 3.11. The molecule has 2 aromatic rings. The Morgan fingerprint density at radius 2 is 2.08 bits per heavy atom. The van der Waals surface area contributed by atoms with Crippen molar-refractivity contribution in [1.82, 2.24) is 10.5 Å². The molecule has 1 aliphatic rings. The van der Waals surface area contributed by atoms with Crippen LogP contribution in [0.2, 0.25) is 0 Å². The maximum Gasteiger partial charge on any atom is 0.251 e. The van der Waals surface area contributed by atoms with Gasteiger partial charge in [-0.1, -0.05) is 30.5 Å². The predicted octanol–water partition coefficient (Wildman–Crippen LogP) is 3.93. The van der Waals surface area contributed by atoms with E-state index in [1.807, 2.05) is 32.0 Å². The number of aromatic nitrogens is 1. The second-order valence-corrected chi connectivity index (χ2v) is 6.43. The van der Waals surface area contributed by atoms with Gasteiger partial charge in [0.1, 0.15) is 18.1 Å². The second-order valence-electron chi connectivity index (χ2n) is 6.43. The van der Waals surface area contributed by atoms with Crippen LogP contribution in [0.4, 0.5) is 0 Å². The van der Waals surface area contributed by atoms with Crippen LogP contribution in [0.5, 0.6) is 5.75 Å². The molecule has 0 bridgehead atoms. The lowest BCUT2D eigenvalue weighted by atomic mass is 9.95. The minimum Gasteiger partial charge on any atom is -0.489 e. The van der Waals surface area contributed by atoms with E-state index < -0.39 is 0 Å². The summed E-state index contributed by atoms with van der Waals surface area (Å²) < 4.78 is 10.9. The molecule has 1 amide bonds. The topological polar surface area (TPSA) is 64.4 Å². The normalized spacial score (nSPS) is 15.2. The molecule has 1 aromatic heterocycles. The fourth-order valence-corrected chi connectivity index (χ4v) is 3.11. The molecule has 1 saturated carbocycles. The van der Waals surface area contributed by atoms with Crippen molar-refractivity contribution in [3.63, 3.8) is 0 Å². The second kappa shape index (κ2) is 7.51. The Labute approximate surface area is 142 Å². The van der Waals surface area contributed by atoms with E-state index in [4.69, 9.17) is 9.26 Å². The third-order valence-corrected chi connectivity index (χ3v) is 4.60. The van der Waals surface area contributed by atoms with Crippen molar-refractivity contribution in [3.05, 3.63) is 46.8 Å². The molecule has 0 saturated heterocycles. The molecule has 0 atom stereocenters. The van der Waals surface area contributed by atoms with Crippen LogP contribution in [0, 0.1) is 13.8 Å². The van der Waals surface area contributed by atoms with Crippen LogP contribution in [0.15, 0.2) is 28.8 Å². The van der Waals surface area contributed by atoms with Gasteiger partial charge in [0, 0.05) is 11.6 Å². The number of aryl methyl sites for hydroxylation is 2. The zero-order chi connectivity index (χ0) is 16.9. The first-order chi connectivity index (χ1) is 11.6. The molecule has 5 nitrogen and oxygen atoms in total. The highest BCUT2D eigenvalue weighted by atomic mass is 16.5. The van der Waals surface area contributed by atoms with Crippen molar-refractivity contribution in [2.75, 3.05) is 0 Å². The van der Waals surface area contributed by atoms with Gasteiger partial charge in [0.2, 0.25) is 0 Å². The first-order valence-corrected chi connectivity index (χ1v) is 8.59. The number of nitrogens with zero attached hydrogens (tertiary/aromatic N) is 1. The number of hydrogen-bond acceptors (Lipinski definition) is 4. The lowest BCUT2D eigenvalue weighted by Gasteiger charge is -2.22. The van der Waals surface area contributed by atoms with Crippen LogP contribution in [-0.4, -0.2) is 17.1 Å². The van der Waals surface area contributed by atoms with Crippen LogP contribution < -0.4 is 10.1 Å². The molecule has 1 fully saturated rings. The van der Waals surface area contributed by atoms with Gasteiger partial charge in [-0.2, -0.15) is 0 Å². The summed E-state index contributed by atoms with van der Waals surface area (Å²) in [5.41, 5.74) is 2.42. The zero-order valence-corrected chi connectivity index (χ0v) is 14.3. The molecule has 1 aromatic carbocycles. The smallest absolute Gasteiger partial charge is 0.251 e. The maximum atomic E-state index is 12.4. The summed E-state index contributed by atoms with van der Waals surface area (Å²) in [6, 6.07) is 7.61. The van der Waals surface area contributed by atoms with Crippen molar-refractivity contribution >= 4 is 5.91 Å². The molecule has 0 aliphatic heterocycles. The summed E-state index contributed by atoms with van der Waals surface area (Å²) in [5.74, 6) is 1.41. The van der Waals surface area contributed by atoms with E-state index in [1.165, 1.54) is 19.3 Å². The van der Waals surface area contributed by atoms with Crippen LogP contribution in [-0.2, 0) is 6.61 Å². The van der Waals surface area contributed by atoms with Crippen molar-refractivity contribution in [2.24, 2.45) is 0 Å². The molecule has 1 heterocycles. The summed E-state index contributed by atoms with van der Waals surface area (Å²) >= 11 is 0. The molecule has 1 N–H and O–H groups in total. The number of benzene rings is 1. The molecule has 1 aliphatic carbocycles. The number of hydrogen-bond donors (Lipinski definition) is 1. The molecular weight excluding hydrogens is 304 g/mol. The number of rotatable bonds is 5. The minimum absolute atomic E-state index is 0.0234. The average Bonchev–Trinajstić information content (AvgIpc) is 2.92. The molecule has 0 spiro atoms. The standard InChI is InChI=1S/C19H24N2O3/c1-13-18(14(2)24-21-13)12-23-17-10-6-7-15(11-17)19(22)20-16-8-4-3-5-9-16/h6-7,10-11,16H,3-5,8-9,12H2,1-2H3,(H,20,22). The zero-order valence-electron chi connectivity index (χ0n) is 14.3. The number of amides is 1. The van der Waals surface area contributed by atoms with Crippen LogP contribution in [0.1, 0.15) is 59.5 Å². The first kappa shape index (κ1) is 16.6. The Bertz CT molecular complexity index is 683. The first-order valence-electron chi connectivity index (χ1n) is 8.59. The van der Waals surface area contributed by atoms with Gasteiger partial charge < -0.3 is 14.6 Å². The summed E-state index contributed by atoms with van der Waals surface area (Å²) in [4.78, 5) is 12.4. The quantitative estimate of drug-likeness (QED) is 0.903. The summed E-state index contributed by atoms with van der Waals surface area (Å²) in [7, 11) is 0. The number of ether oxygens (including phenoxy) is 1. The van der Waals surface area contributed by atoms with E-state index in [0.29, 0.717) is 24.0 Å². The highest BCUT2D eigenvalue weighted by Gasteiger charge is 2.17. The predicted molar refractivity (Wildman–Crippen MR) is 91.1 cm³/mol. The Kier molecular flexibility index (Phi) is 5.18. The van der Waals surface area contributed by atoms with Gasteiger partial charge in [0.15, 0.2) is 0 Å². The Morgan fingerprint density at radius 3 is 2.79 bits per heavy atom. The van der Waals surface area contributed by atoms with E-state index in [0.717, 1.165) is 29.9 Å². The van der Waals surface area contributed by atoms with E-state index in [1.54, 1.807) is 6.07 Å². The highest BCUT2D eigenvalue weighted by Crippen LogP contribution is 2.20. The lowest BCUT2D eigenvalue weighted by Crippen LogP contribution is -2.36. The summed E-state index contributed by atoms with van der Waals surface area (Å²) in [6.45, 7) is 4.14. The average molecular weight is 328 g/mol. The molecule has 5 heteroatoms. The summed E-state index contributed by atoms with van der Waals surface area (Å²) in [5, 5.41) is 7.05. The van der Waals surface area contributed by atoms with Gasteiger partial charge in [0.25, 0.3) is 5.91 Å². The summed E-state index contributed by atoms with van der Waals surface area (Å²) in [6.07, 6.45) is 5.83.